The molecule has 14 heteroatoms. The average Bonchev–Trinajstić information content (AvgIpc) is 3.68. The molecule has 68 heavy (non-hydrogen) atoms. The highest BCUT2D eigenvalue weighted by molar-refractivity contribution is 7.16. The Morgan fingerprint density at radius 1 is 0.721 bits per heavy atom. The van der Waals surface area contributed by atoms with E-state index in [1.807, 2.05) is 60.1 Å². The Hall–Kier alpha value is -7.63. The number of fused-ring (bicyclic) bond motifs is 1. The summed E-state index contributed by atoms with van der Waals surface area (Å²) in [5, 5.41) is 8.75. The zero-order valence-corrected chi connectivity index (χ0v) is 38.5. The fraction of sp³-hybridized carbons (Fsp3) is 0.241. The minimum Gasteiger partial charge on any atom is -0.494 e. The number of carbonyl (C=O) groups excluding carboxylic acids is 3. The summed E-state index contributed by atoms with van der Waals surface area (Å²) in [4.78, 5) is 36.1. The van der Waals surface area contributed by atoms with Gasteiger partial charge in [-0.3, -0.25) is 4.79 Å². The summed E-state index contributed by atoms with van der Waals surface area (Å²) in [5.41, 5.74) is 2.98. The van der Waals surface area contributed by atoms with Crippen molar-refractivity contribution < 1.29 is 46.8 Å². The molecule has 6 rings (SSSR count). The van der Waals surface area contributed by atoms with Crippen LogP contribution < -0.4 is 19.0 Å². The van der Waals surface area contributed by atoms with Gasteiger partial charge < -0.3 is 28.3 Å². The zero-order valence-electron chi connectivity index (χ0n) is 37.7. The zero-order chi connectivity index (χ0) is 48.1. The lowest BCUT2D eigenvalue weighted by Gasteiger charge is -2.11. The first-order valence-corrected chi connectivity index (χ1v) is 22.9. The Morgan fingerprint density at radius 2 is 1.35 bits per heavy atom. The third-order valence-electron chi connectivity index (χ3n) is 10.4. The van der Waals surface area contributed by atoms with Crippen LogP contribution in [0.1, 0.15) is 67.2 Å². The third-order valence-corrected chi connectivity index (χ3v) is 11.5. The van der Waals surface area contributed by atoms with Crippen molar-refractivity contribution >= 4 is 45.7 Å². The Bertz CT molecular complexity index is 2880. The van der Waals surface area contributed by atoms with Gasteiger partial charge in [-0.15, -0.1) is 5.10 Å². The molecule has 6 aromatic rings. The van der Waals surface area contributed by atoms with E-state index in [1.54, 1.807) is 36.4 Å². The van der Waals surface area contributed by atoms with E-state index in [1.165, 1.54) is 35.8 Å². The van der Waals surface area contributed by atoms with Gasteiger partial charge in [-0.05, 0) is 129 Å². The molecule has 0 fully saturated rings. The number of carbonyl (C=O) groups is 3. The van der Waals surface area contributed by atoms with Crippen LogP contribution in [0.15, 0.2) is 139 Å². The second-order valence-electron chi connectivity index (χ2n) is 15.3. The Morgan fingerprint density at radius 3 is 2.03 bits per heavy atom. The number of halogens is 2. The number of aryl methyl sites for hydroxylation is 2. The van der Waals surface area contributed by atoms with Crippen LogP contribution in [-0.4, -0.2) is 55.1 Å². The minimum atomic E-state index is -1.10. The van der Waals surface area contributed by atoms with Crippen molar-refractivity contribution in [3.8, 4) is 40.2 Å². The molecular formula is C54H51F2N3O8S. The van der Waals surface area contributed by atoms with E-state index in [2.05, 4.69) is 35.2 Å². The van der Waals surface area contributed by atoms with Crippen LogP contribution in [0.4, 0.5) is 8.78 Å². The van der Waals surface area contributed by atoms with Crippen molar-refractivity contribution in [2.24, 2.45) is 17.3 Å². The van der Waals surface area contributed by atoms with Crippen LogP contribution in [0.5, 0.6) is 17.2 Å². The normalized spacial score (nSPS) is 11.2. The van der Waals surface area contributed by atoms with E-state index < -0.39 is 29.5 Å². The predicted octanol–water partition coefficient (Wildman–Crippen LogP) is 10.6. The maximum Gasteiger partial charge on any atom is 0.330 e. The summed E-state index contributed by atoms with van der Waals surface area (Å²) in [6.07, 6.45) is 8.95. The number of aromatic nitrogens is 1. The van der Waals surface area contributed by atoms with Crippen LogP contribution >= 0.6 is 11.3 Å². The van der Waals surface area contributed by atoms with Gasteiger partial charge in [-0.25, -0.2) is 18.4 Å². The predicted molar refractivity (Wildman–Crippen MR) is 260 cm³/mol. The van der Waals surface area contributed by atoms with Gasteiger partial charge in [0.2, 0.25) is 4.80 Å². The maximum atomic E-state index is 15.9. The third kappa shape index (κ3) is 14.9. The van der Waals surface area contributed by atoms with Gasteiger partial charge in [0, 0.05) is 42.3 Å². The molecule has 5 aromatic carbocycles. The SMILES string of the molecule is C=CC(=O)OCCCCCCOc1ccc(C#Cc2ccc(-c3ccc(OC(=O)CCc4ccc(OCCCCOC(=O)C=C)cc4)c(/C=N/N=c4\sc5ccccc5n4C)c3)c(F)c2F)cc1. The number of benzene rings is 5. The molecule has 350 valence electrons. The van der Waals surface area contributed by atoms with Gasteiger partial charge in [0.15, 0.2) is 11.6 Å². The highest BCUT2D eigenvalue weighted by Gasteiger charge is 2.17. The molecule has 0 aliphatic rings. The lowest BCUT2D eigenvalue weighted by molar-refractivity contribution is -0.138. The van der Waals surface area contributed by atoms with Gasteiger partial charge in [-0.1, -0.05) is 66.7 Å². The molecular weight excluding hydrogens is 889 g/mol. The van der Waals surface area contributed by atoms with Gasteiger partial charge in [-0.2, -0.15) is 5.10 Å². The van der Waals surface area contributed by atoms with Crippen molar-refractivity contribution in [1.29, 1.82) is 0 Å². The quantitative estimate of drug-likeness (QED) is 0.0118. The van der Waals surface area contributed by atoms with Gasteiger partial charge in [0.25, 0.3) is 0 Å². The van der Waals surface area contributed by atoms with E-state index in [0.717, 1.165) is 53.6 Å². The van der Waals surface area contributed by atoms with Crippen LogP contribution in [0, 0.1) is 23.5 Å². The van der Waals surface area contributed by atoms with Crippen LogP contribution in [0.25, 0.3) is 21.3 Å². The number of para-hydroxylation sites is 1. The van der Waals surface area contributed by atoms with Crippen molar-refractivity contribution in [3.05, 3.63) is 167 Å². The fourth-order valence-corrected chi connectivity index (χ4v) is 7.62. The molecule has 1 aromatic heterocycles. The number of nitrogens with zero attached hydrogens (tertiary/aromatic N) is 3. The van der Waals surface area contributed by atoms with E-state index >= 15 is 8.78 Å². The molecule has 0 amide bonds. The number of unbranched alkanes of at least 4 members (excludes halogenated alkanes) is 4. The summed E-state index contributed by atoms with van der Waals surface area (Å²) in [6, 6.07) is 29.8. The Labute approximate surface area is 398 Å². The first-order chi connectivity index (χ1) is 33.1. The summed E-state index contributed by atoms with van der Waals surface area (Å²) in [7, 11) is 1.88. The second-order valence-corrected chi connectivity index (χ2v) is 16.3. The number of hydrogen-bond donors (Lipinski definition) is 0. The number of rotatable bonds is 23. The molecule has 0 bridgehead atoms. The second kappa shape index (κ2) is 25.9. The molecule has 0 saturated heterocycles. The molecule has 0 radical (unpaired) electrons. The summed E-state index contributed by atoms with van der Waals surface area (Å²) >= 11 is 1.45. The molecule has 0 spiro atoms. The number of ether oxygens (including phenoxy) is 5. The Balaban J connectivity index is 1.10. The molecule has 0 atom stereocenters. The van der Waals surface area contributed by atoms with E-state index in [0.29, 0.717) is 78.7 Å². The Kier molecular flexibility index (Phi) is 19.0. The van der Waals surface area contributed by atoms with Gasteiger partial charge >= 0.3 is 17.9 Å². The van der Waals surface area contributed by atoms with Gasteiger partial charge in [0.1, 0.15) is 17.2 Å². The molecule has 0 saturated carbocycles. The smallest absolute Gasteiger partial charge is 0.330 e. The topological polar surface area (TPSA) is 127 Å². The number of thiazole rings is 1. The highest BCUT2D eigenvalue weighted by atomic mass is 32.1. The molecule has 0 aliphatic carbocycles. The number of hydrogen-bond acceptors (Lipinski definition) is 11. The molecule has 0 N–H and O–H groups in total. The molecule has 1 heterocycles. The average molecular weight is 940 g/mol. The first-order valence-electron chi connectivity index (χ1n) is 22.1. The standard InChI is InChI=1S/C54H51F2N3O8S/c1-4-49(60)65-34-11-7-6-10-32-63-43-25-17-38(18-26-43)16-22-40-23-29-45(53(56)52(40)55)41-24-30-47(42(36-41)37-57-58-54-59(3)46-14-8-9-15-48(46)68-54)67-51(62)31-21-39-19-27-44(28-20-39)64-33-12-13-35-66-50(61)5-2/h4-5,8-9,14-15,17-20,23-30,36-37H,1-2,6-7,10-13,21,31-35H2,3H3/b57-37+,58-54-. The summed E-state index contributed by atoms with van der Waals surface area (Å²) < 4.78 is 61.8. The van der Waals surface area contributed by atoms with Crippen molar-refractivity contribution in [2.75, 3.05) is 26.4 Å². The van der Waals surface area contributed by atoms with Crippen LogP contribution in [0.3, 0.4) is 0 Å². The molecule has 0 aliphatic heterocycles. The number of esters is 3. The first kappa shape index (κ1) is 49.8. The van der Waals surface area contributed by atoms with Crippen LogP contribution in [-0.2, 0) is 37.3 Å². The maximum absolute atomic E-state index is 15.9. The highest BCUT2D eigenvalue weighted by Crippen LogP contribution is 2.31. The van der Waals surface area contributed by atoms with Crippen molar-refractivity contribution in [2.45, 2.75) is 51.4 Å². The lowest BCUT2D eigenvalue weighted by Crippen LogP contribution is -2.11. The van der Waals surface area contributed by atoms with Crippen molar-refractivity contribution in [1.82, 2.24) is 4.57 Å². The minimum absolute atomic E-state index is 0.0208. The van der Waals surface area contributed by atoms with E-state index in [4.69, 9.17) is 23.7 Å². The van der Waals surface area contributed by atoms with Crippen molar-refractivity contribution in [3.63, 3.8) is 0 Å². The molecule has 0 unspecified atom stereocenters. The summed E-state index contributed by atoms with van der Waals surface area (Å²) in [5.74, 6) is 3.58. The van der Waals surface area contributed by atoms with Crippen LogP contribution in [0.2, 0.25) is 0 Å². The van der Waals surface area contributed by atoms with Gasteiger partial charge in [0.05, 0.1) is 48.4 Å². The largest absolute Gasteiger partial charge is 0.494 e. The fourth-order valence-electron chi connectivity index (χ4n) is 6.65. The van der Waals surface area contributed by atoms with E-state index in [-0.39, 0.29) is 23.3 Å². The molecule has 11 nitrogen and oxygen atoms in total. The van der Waals surface area contributed by atoms with E-state index in [9.17, 15) is 14.4 Å². The lowest BCUT2D eigenvalue weighted by atomic mass is 10.00. The monoisotopic (exact) mass is 939 g/mol. The summed E-state index contributed by atoms with van der Waals surface area (Å²) in [6.45, 7) is 8.39.